The quantitative estimate of drug-likeness (QED) is 0.874. The SMILES string of the molecule is CC1(CNc2nccc3sccc23)CCCC1. The Labute approximate surface area is 106 Å². The predicted octanol–water partition coefficient (Wildman–Crippen LogP) is 4.29. The summed E-state index contributed by atoms with van der Waals surface area (Å²) in [5.41, 5.74) is 0.472. The third-order valence-corrected chi connectivity index (χ3v) is 4.76. The lowest BCUT2D eigenvalue weighted by atomic mass is 9.89. The van der Waals surface area contributed by atoms with Crippen molar-refractivity contribution in [2.45, 2.75) is 32.6 Å². The van der Waals surface area contributed by atoms with Crippen LogP contribution in [0.5, 0.6) is 0 Å². The summed E-state index contributed by atoms with van der Waals surface area (Å²) >= 11 is 1.78. The lowest BCUT2D eigenvalue weighted by Gasteiger charge is -2.24. The molecule has 0 unspecified atom stereocenters. The fourth-order valence-corrected chi connectivity index (χ4v) is 3.52. The van der Waals surface area contributed by atoms with Crippen LogP contribution in [0.25, 0.3) is 10.1 Å². The Kier molecular flexibility index (Phi) is 2.79. The maximum absolute atomic E-state index is 4.47. The van der Waals surface area contributed by atoms with Crippen molar-refractivity contribution in [3.8, 4) is 0 Å². The van der Waals surface area contributed by atoms with Gasteiger partial charge in [0.25, 0.3) is 0 Å². The molecule has 0 aromatic carbocycles. The minimum atomic E-state index is 0.472. The van der Waals surface area contributed by atoms with Crippen molar-refractivity contribution in [1.29, 1.82) is 0 Å². The van der Waals surface area contributed by atoms with Gasteiger partial charge >= 0.3 is 0 Å². The largest absolute Gasteiger partial charge is 0.369 e. The first-order valence-electron chi connectivity index (χ1n) is 6.33. The third kappa shape index (κ3) is 2.16. The average Bonchev–Trinajstić information content (AvgIpc) is 2.95. The number of aromatic nitrogens is 1. The summed E-state index contributed by atoms with van der Waals surface area (Å²) < 4.78 is 1.32. The average molecular weight is 246 g/mol. The molecule has 2 nitrogen and oxygen atoms in total. The summed E-state index contributed by atoms with van der Waals surface area (Å²) in [6.45, 7) is 3.44. The van der Waals surface area contributed by atoms with Crippen LogP contribution in [0, 0.1) is 5.41 Å². The normalized spacial score (nSPS) is 18.6. The number of pyridine rings is 1. The van der Waals surface area contributed by atoms with Gasteiger partial charge in [-0.3, -0.25) is 0 Å². The van der Waals surface area contributed by atoms with Gasteiger partial charge in [0.2, 0.25) is 0 Å². The number of fused-ring (bicyclic) bond motifs is 1. The van der Waals surface area contributed by atoms with Gasteiger partial charge in [0.15, 0.2) is 0 Å². The molecule has 1 fully saturated rings. The van der Waals surface area contributed by atoms with Crippen LogP contribution < -0.4 is 5.32 Å². The highest BCUT2D eigenvalue weighted by Gasteiger charge is 2.28. The molecular formula is C14H18N2S. The van der Waals surface area contributed by atoms with E-state index in [-0.39, 0.29) is 0 Å². The van der Waals surface area contributed by atoms with E-state index in [0.717, 1.165) is 12.4 Å². The lowest BCUT2D eigenvalue weighted by Crippen LogP contribution is -2.23. The second kappa shape index (κ2) is 4.30. The summed E-state index contributed by atoms with van der Waals surface area (Å²) in [5.74, 6) is 1.05. The molecule has 0 saturated heterocycles. The van der Waals surface area contributed by atoms with Crippen LogP contribution in [0.1, 0.15) is 32.6 Å². The molecule has 0 spiro atoms. The molecule has 0 amide bonds. The van der Waals surface area contributed by atoms with Crippen LogP contribution in [0.15, 0.2) is 23.7 Å². The number of hydrogen-bond donors (Lipinski definition) is 1. The fourth-order valence-electron chi connectivity index (χ4n) is 2.74. The highest BCUT2D eigenvalue weighted by Crippen LogP contribution is 2.38. The summed E-state index contributed by atoms with van der Waals surface area (Å²) in [7, 11) is 0. The number of nitrogens with zero attached hydrogens (tertiary/aromatic N) is 1. The zero-order valence-electron chi connectivity index (χ0n) is 10.2. The van der Waals surface area contributed by atoms with Crippen molar-refractivity contribution in [3.63, 3.8) is 0 Å². The van der Waals surface area contributed by atoms with Crippen LogP contribution >= 0.6 is 11.3 Å². The van der Waals surface area contributed by atoms with Gasteiger partial charge in [0.1, 0.15) is 5.82 Å². The maximum atomic E-state index is 4.47. The second-order valence-electron chi connectivity index (χ2n) is 5.36. The lowest BCUT2D eigenvalue weighted by molar-refractivity contribution is 0.362. The number of hydrogen-bond acceptors (Lipinski definition) is 3. The summed E-state index contributed by atoms with van der Waals surface area (Å²) in [6.07, 6.45) is 7.36. The third-order valence-electron chi connectivity index (χ3n) is 3.87. The Balaban J connectivity index is 1.78. The Morgan fingerprint density at radius 2 is 2.18 bits per heavy atom. The maximum Gasteiger partial charge on any atom is 0.134 e. The van der Waals surface area contributed by atoms with E-state index in [1.807, 2.05) is 6.20 Å². The highest BCUT2D eigenvalue weighted by atomic mass is 32.1. The van der Waals surface area contributed by atoms with Crippen molar-refractivity contribution in [2.75, 3.05) is 11.9 Å². The molecule has 3 heteroatoms. The first-order valence-corrected chi connectivity index (χ1v) is 7.21. The number of rotatable bonds is 3. The second-order valence-corrected chi connectivity index (χ2v) is 6.31. The van der Waals surface area contributed by atoms with Gasteiger partial charge < -0.3 is 5.32 Å². The Morgan fingerprint density at radius 1 is 1.35 bits per heavy atom. The molecule has 3 rings (SSSR count). The molecular weight excluding hydrogens is 228 g/mol. The smallest absolute Gasteiger partial charge is 0.134 e. The Hall–Kier alpha value is -1.09. The number of nitrogens with one attached hydrogen (secondary N) is 1. The van der Waals surface area contributed by atoms with Crippen molar-refractivity contribution >= 4 is 27.2 Å². The number of thiophene rings is 1. The van der Waals surface area contributed by atoms with E-state index in [1.165, 1.54) is 35.8 Å². The van der Waals surface area contributed by atoms with Crippen LogP contribution in [0.2, 0.25) is 0 Å². The molecule has 2 aromatic rings. The van der Waals surface area contributed by atoms with E-state index in [1.54, 1.807) is 11.3 Å². The van der Waals surface area contributed by atoms with Gasteiger partial charge in [-0.05, 0) is 35.8 Å². The first-order chi connectivity index (χ1) is 8.27. The van der Waals surface area contributed by atoms with E-state index >= 15 is 0 Å². The van der Waals surface area contributed by atoms with Crippen molar-refractivity contribution < 1.29 is 0 Å². The van der Waals surface area contributed by atoms with E-state index in [2.05, 4.69) is 34.7 Å². The Bertz CT molecular complexity index is 512. The van der Waals surface area contributed by atoms with Crippen molar-refractivity contribution in [3.05, 3.63) is 23.7 Å². The van der Waals surface area contributed by atoms with Gasteiger partial charge in [-0.1, -0.05) is 19.8 Å². The van der Waals surface area contributed by atoms with E-state index in [4.69, 9.17) is 0 Å². The van der Waals surface area contributed by atoms with Gasteiger partial charge in [-0.25, -0.2) is 4.98 Å². The molecule has 1 aliphatic carbocycles. The number of anilines is 1. The van der Waals surface area contributed by atoms with Crippen LogP contribution in [0.4, 0.5) is 5.82 Å². The van der Waals surface area contributed by atoms with Gasteiger partial charge in [-0.2, -0.15) is 0 Å². The summed E-state index contributed by atoms with van der Waals surface area (Å²) in [6, 6.07) is 4.24. The molecule has 0 radical (unpaired) electrons. The van der Waals surface area contributed by atoms with Gasteiger partial charge in [0, 0.05) is 22.8 Å². The molecule has 1 saturated carbocycles. The molecule has 2 aromatic heterocycles. The van der Waals surface area contributed by atoms with Crippen LogP contribution in [-0.4, -0.2) is 11.5 Å². The minimum absolute atomic E-state index is 0.472. The first kappa shape index (κ1) is 11.0. The van der Waals surface area contributed by atoms with Gasteiger partial charge in [0.05, 0.1) is 0 Å². The topological polar surface area (TPSA) is 24.9 Å². The molecule has 17 heavy (non-hydrogen) atoms. The summed E-state index contributed by atoms with van der Waals surface area (Å²) in [5, 5.41) is 6.95. The molecule has 0 atom stereocenters. The molecule has 0 bridgehead atoms. The molecule has 90 valence electrons. The Morgan fingerprint density at radius 3 is 3.00 bits per heavy atom. The van der Waals surface area contributed by atoms with Crippen molar-refractivity contribution in [2.24, 2.45) is 5.41 Å². The van der Waals surface area contributed by atoms with Crippen LogP contribution in [-0.2, 0) is 0 Å². The monoisotopic (exact) mass is 246 g/mol. The van der Waals surface area contributed by atoms with Crippen LogP contribution in [0.3, 0.4) is 0 Å². The predicted molar refractivity (Wildman–Crippen MR) is 74.7 cm³/mol. The summed E-state index contributed by atoms with van der Waals surface area (Å²) in [4.78, 5) is 4.47. The zero-order chi connectivity index (χ0) is 11.7. The molecule has 1 aliphatic rings. The van der Waals surface area contributed by atoms with E-state index in [0.29, 0.717) is 5.41 Å². The molecule has 2 heterocycles. The minimum Gasteiger partial charge on any atom is -0.369 e. The van der Waals surface area contributed by atoms with E-state index < -0.39 is 0 Å². The standard InChI is InChI=1S/C14H18N2S/c1-14(6-2-3-7-14)10-16-13-11-5-9-17-12(11)4-8-15-13/h4-5,8-9H,2-3,6-7,10H2,1H3,(H,15,16). The van der Waals surface area contributed by atoms with E-state index in [9.17, 15) is 0 Å². The van der Waals surface area contributed by atoms with Gasteiger partial charge in [-0.15, -0.1) is 11.3 Å². The molecule has 1 N–H and O–H groups in total. The zero-order valence-corrected chi connectivity index (χ0v) is 11.0. The fraction of sp³-hybridized carbons (Fsp3) is 0.500. The molecule has 0 aliphatic heterocycles. The highest BCUT2D eigenvalue weighted by molar-refractivity contribution is 7.17. The van der Waals surface area contributed by atoms with Crippen molar-refractivity contribution in [1.82, 2.24) is 4.98 Å².